The number of carbonyl (C=O) groups excluding carboxylic acids is 1. The fourth-order valence-electron chi connectivity index (χ4n) is 1.53. The largest absolute Gasteiger partial charge is 0.360 e. The quantitative estimate of drug-likeness (QED) is 0.654. The lowest BCUT2D eigenvalue weighted by Gasteiger charge is -2.20. The first-order valence-electron chi connectivity index (χ1n) is 4.94. The first kappa shape index (κ1) is 9.83. The summed E-state index contributed by atoms with van der Waals surface area (Å²) < 4.78 is 0. The van der Waals surface area contributed by atoms with Crippen LogP contribution in [0.1, 0.15) is 13.3 Å². The van der Waals surface area contributed by atoms with E-state index in [4.69, 9.17) is 0 Å². The third-order valence-electron chi connectivity index (χ3n) is 2.36. The molecule has 0 aromatic carbocycles. The van der Waals surface area contributed by atoms with Gasteiger partial charge in [0.1, 0.15) is 0 Å². The Morgan fingerprint density at radius 3 is 3.07 bits per heavy atom. The van der Waals surface area contributed by atoms with Gasteiger partial charge in [-0.1, -0.05) is 18.7 Å². The van der Waals surface area contributed by atoms with Gasteiger partial charge in [0, 0.05) is 25.3 Å². The summed E-state index contributed by atoms with van der Waals surface area (Å²) in [4.78, 5) is 15.4. The van der Waals surface area contributed by atoms with Crippen LogP contribution in [0.25, 0.3) is 0 Å². The molecule has 0 radical (unpaired) electrons. The summed E-state index contributed by atoms with van der Waals surface area (Å²) in [5.74, 6) is 1.94. The molecule has 2 unspecified atom stereocenters. The summed E-state index contributed by atoms with van der Waals surface area (Å²) in [7, 11) is 0. The first-order chi connectivity index (χ1) is 6.74. The molecule has 78 valence electrons. The van der Waals surface area contributed by atoms with Crippen molar-refractivity contribution in [2.75, 3.05) is 18.8 Å². The van der Waals surface area contributed by atoms with Gasteiger partial charge in [0.25, 0.3) is 0 Å². The Kier molecular flexibility index (Phi) is 2.96. The van der Waals surface area contributed by atoms with E-state index >= 15 is 0 Å². The van der Waals surface area contributed by atoms with Crippen LogP contribution in [0.4, 0.5) is 0 Å². The highest BCUT2D eigenvalue weighted by molar-refractivity contribution is 8.13. The number of carbonyl (C=O) groups is 1. The van der Waals surface area contributed by atoms with Crippen LogP contribution in [-0.2, 0) is 4.79 Å². The van der Waals surface area contributed by atoms with E-state index in [1.807, 2.05) is 0 Å². The molecule has 2 heterocycles. The molecule has 5 heteroatoms. The van der Waals surface area contributed by atoms with Crippen molar-refractivity contribution in [1.82, 2.24) is 10.6 Å². The Morgan fingerprint density at radius 1 is 1.64 bits per heavy atom. The van der Waals surface area contributed by atoms with Crippen molar-refractivity contribution >= 4 is 22.8 Å². The van der Waals surface area contributed by atoms with E-state index in [-0.39, 0.29) is 11.9 Å². The summed E-state index contributed by atoms with van der Waals surface area (Å²) in [6.07, 6.45) is 0.579. The Hall–Kier alpha value is -0.710. The van der Waals surface area contributed by atoms with Gasteiger partial charge >= 0.3 is 0 Å². The van der Waals surface area contributed by atoms with Gasteiger partial charge in [0.15, 0.2) is 5.17 Å². The molecule has 0 bridgehead atoms. The smallest absolute Gasteiger partial charge is 0.222 e. The standard InChI is InChI=1S/C9H15N3OS/c1-6-3-11-9(14-5-6)12-7-2-8(13)10-4-7/h6-7H,2-5H2,1H3,(H,10,13)(H,11,12). The first-order valence-corrected chi connectivity index (χ1v) is 5.93. The molecule has 4 nitrogen and oxygen atoms in total. The average Bonchev–Trinajstić information content (AvgIpc) is 2.56. The van der Waals surface area contributed by atoms with Crippen molar-refractivity contribution in [3.8, 4) is 0 Å². The zero-order chi connectivity index (χ0) is 9.97. The minimum atomic E-state index is 0.136. The number of aliphatic imine (C=N–C) groups is 1. The monoisotopic (exact) mass is 213 g/mol. The maximum Gasteiger partial charge on any atom is 0.222 e. The molecule has 2 rings (SSSR count). The summed E-state index contributed by atoms with van der Waals surface area (Å²) in [5.41, 5.74) is 0. The number of amides is 1. The molecular formula is C9H15N3OS. The molecule has 2 aliphatic rings. The normalized spacial score (nSPS) is 32.4. The van der Waals surface area contributed by atoms with E-state index in [0.29, 0.717) is 12.3 Å². The number of hydrogen-bond acceptors (Lipinski definition) is 4. The van der Waals surface area contributed by atoms with Crippen LogP contribution in [0, 0.1) is 5.92 Å². The van der Waals surface area contributed by atoms with E-state index in [9.17, 15) is 4.79 Å². The third kappa shape index (κ3) is 2.41. The van der Waals surface area contributed by atoms with Gasteiger partial charge in [-0.25, -0.2) is 0 Å². The van der Waals surface area contributed by atoms with Crippen molar-refractivity contribution in [2.45, 2.75) is 19.4 Å². The molecule has 2 N–H and O–H groups in total. The van der Waals surface area contributed by atoms with Crippen molar-refractivity contribution < 1.29 is 4.79 Å². The number of rotatable bonds is 1. The highest BCUT2D eigenvalue weighted by atomic mass is 32.2. The molecule has 0 aromatic heterocycles. The lowest BCUT2D eigenvalue weighted by molar-refractivity contribution is -0.119. The molecule has 0 spiro atoms. The Labute approximate surface area is 87.9 Å². The van der Waals surface area contributed by atoms with Crippen molar-refractivity contribution in [3.63, 3.8) is 0 Å². The van der Waals surface area contributed by atoms with E-state index in [1.165, 1.54) is 0 Å². The van der Waals surface area contributed by atoms with Crippen LogP contribution in [-0.4, -0.2) is 36.0 Å². The predicted molar refractivity (Wildman–Crippen MR) is 58.5 cm³/mol. The Morgan fingerprint density at radius 2 is 2.50 bits per heavy atom. The molecule has 2 aliphatic heterocycles. The number of amidine groups is 1. The van der Waals surface area contributed by atoms with Gasteiger partial charge in [-0.05, 0) is 5.92 Å². The van der Waals surface area contributed by atoms with Crippen LogP contribution in [0.5, 0.6) is 0 Å². The molecule has 1 saturated heterocycles. The molecule has 14 heavy (non-hydrogen) atoms. The highest BCUT2D eigenvalue weighted by Crippen LogP contribution is 2.16. The second-order valence-electron chi connectivity index (χ2n) is 3.91. The van der Waals surface area contributed by atoms with E-state index < -0.39 is 0 Å². The number of nitrogens with zero attached hydrogens (tertiary/aromatic N) is 1. The molecule has 0 aliphatic carbocycles. The average molecular weight is 213 g/mol. The zero-order valence-electron chi connectivity index (χ0n) is 8.25. The van der Waals surface area contributed by atoms with Crippen molar-refractivity contribution in [3.05, 3.63) is 0 Å². The lowest BCUT2D eigenvalue weighted by atomic mass is 10.2. The van der Waals surface area contributed by atoms with Gasteiger partial charge in [-0.2, -0.15) is 0 Å². The van der Waals surface area contributed by atoms with Gasteiger partial charge in [-0.15, -0.1) is 0 Å². The van der Waals surface area contributed by atoms with Gasteiger partial charge < -0.3 is 10.6 Å². The van der Waals surface area contributed by atoms with Crippen LogP contribution < -0.4 is 10.6 Å². The minimum absolute atomic E-state index is 0.136. The third-order valence-corrected chi connectivity index (χ3v) is 3.61. The molecule has 1 fully saturated rings. The predicted octanol–water partition coefficient (Wildman–Crippen LogP) is 0.203. The van der Waals surface area contributed by atoms with Crippen molar-refractivity contribution in [1.29, 1.82) is 0 Å². The second kappa shape index (κ2) is 4.21. The molecule has 2 atom stereocenters. The maximum absolute atomic E-state index is 10.9. The Balaban J connectivity index is 1.83. The topological polar surface area (TPSA) is 53.5 Å². The maximum atomic E-state index is 10.9. The highest BCUT2D eigenvalue weighted by Gasteiger charge is 2.23. The molecular weight excluding hydrogens is 198 g/mol. The van der Waals surface area contributed by atoms with E-state index in [2.05, 4.69) is 22.5 Å². The van der Waals surface area contributed by atoms with E-state index in [1.54, 1.807) is 11.8 Å². The lowest BCUT2D eigenvalue weighted by Crippen LogP contribution is -2.36. The summed E-state index contributed by atoms with van der Waals surface area (Å²) in [6, 6.07) is 0.238. The number of thioether (sulfide) groups is 1. The summed E-state index contributed by atoms with van der Waals surface area (Å²) in [5, 5.41) is 7.10. The van der Waals surface area contributed by atoms with Crippen molar-refractivity contribution in [2.24, 2.45) is 10.9 Å². The number of nitrogens with one attached hydrogen (secondary N) is 2. The van der Waals surface area contributed by atoms with Crippen LogP contribution in [0.2, 0.25) is 0 Å². The zero-order valence-corrected chi connectivity index (χ0v) is 9.06. The SMILES string of the molecule is CC1CN=C(NC2CNC(=O)C2)SC1. The van der Waals surface area contributed by atoms with Crippen LogP contribution >= 0.6 is 11.8 Å². The molecule has 1 amide bonds. The van der Waals surface area contributed by atoms with Gasteiger partial charge in [-0.3, -0.25) is 9.79 Å². The summed E-state index contributed by atoms with van der Waals surface area (Å²) in [6.45, 7) is 3.84. The van der Waals surface area contributed by atoms with Crippen LogP contribution in [0.3, 0.4) is 0 Å². The minimum Gasteiger partial charge on any atom is -0.360 e. The van der Waals surface area contributed by atoms with Gasteiger partial charge in [0.05, 0.1) is 6.04 Å². The second-order valence-corrected chi connectivity index (χ2v) is 4.92. The Bertz CT molecular complexity index is 267. The summed E-state index contributed by atoms with van der Waals surface area (Å²) >= 11 is 1.76. The number of hydrogen-bond donors (Lipinski definition) is 2. The molecule has 0 aromatic rings. The van der Waals surface area contributed by atoms with Crippen LogP contribution in [0.15, 0.2) is 4.99 Å². The van der Waals surface area contributed by atoms with E-state index in [0.717, 1.165) is 24.0 Å². The fraction of sp³-hybridized carbons (Fsp3) is 0.778. The fourth-order valence-corrected chi connectivity index (χ4v) is 2.49. The molecule has 0 saturated carbocycles. The van der Waals surface area contributed by atoms with Gasteiger partial charge in [0.2, 0.25) is 5.91 Å².